The number of hydrogen-bond donors (Lipinski definition) is 1. The first-order chi connectivity index (χ1) is 10.2. The molecule has 0 aliphatic heterocycles. The third-order valence-corrected chi connectivity index (χ3v) is 3.31. The molecule has 2 atom stereocenters. The van der Waals surface area contributed by atoms with Crippen LogP contribution in [0.25, 0.3) is 0 Å². The van der Waals surface area contributed by atoms with E-state index in [2.05, 4.69) is 24.1 Å². The molecule has 1 aromatic heterocycles. The summed E-state index contributed by atoms with van der Waals surface area (Å²) >= 11 is 0. The van der Waals surface area contributed by atoms with Gasteiger partial charge in [-0.15, -0.1) is 0 Å². The number of nitrogens with one attached hydrogen (secondary N) is 1. The predicted octanol–water partition coefficient (Wildman–Crippen LogP) is 3.40. The maximum Gasteiger partial charge on any atom is 0.174 e. The highest BCUT2D eigenvalue weighted by molar-refractivity contribution is 5.29. The van der Waals surface area contributed by atoms with E-state index in [1.54, 1.807) is 6.20 Å². The number of aromatic nitrogens is 1. The van der Waals surface area contributed by atoms with Crippen LogP contribution in [0, 0.1) is 11.3 Å². The van der Waals surface area contributed by atoms with Gasteiger partial charge in [-0.3, -0.25) is 4.98 Å². The molecule has 1 heterocycles. The second-order valence-corrected chi connectivity index (χ2v) is 4.88. The summed E-state index contributed by atoms with van der Waals surface area (Å²) in [5, 5.41) is 12.0. The fourth-order valence-electron chi connectivity index (χ4n) is 2.16. The van der Waals surface area contributed by atoms with Crippen molar-refractivity contribution in [2.75, 3.05) is 6.61 Å². The van der Waals surface area contributed by atoms with Crippen molar-refractivity contribution < 1.29 is 4.74 Å². The largest absolute Gasteiger partial charge is 0.479 e. The van der Waals surface area contributed by atoms with Crippen LogP contribution in [0.15, 0.2) is 48.7 Å². The monoisotopic (exact) mass is 281 g/mol. The zero-order chi connectivity index (χ0) is 15.1. The third kappa shape index (κ3) is 4.30. The lowest BCUT2D eigenvalue weighted by Crippen LogP contribution is -2.23. The number of pyridine rings is 1. The summed E-state index contributed by atoms with van der Waals surface area (Å²) < 4.78 is 5.25. The molecule has 0 saturated carbocycles. The van der Waals surface area contributed by atoms with Gasteiger partial charge in [0.1, 0.15) is 11.8 Å². The Labute approximate surface area is 125 Å². The zero-order valence-corrected chi connectivity index (χ0v) is 12.3. The van der Waals surface area contributed by atoms with Crippen molar-refractivity contribution in [3.8, 4) is 11.8 Å². The summed E-state index contributed by atoms with van der Waals surface area (Å²) in [5.41, 5.74) is 2.19. The van der Waals surface area contributed by atoms with Crippen molar-refractivity contribution in [3.05, 3.63) is 59.9 Å². The van der Waals surface area contributed by atoms with Gasteiger partial charge >= 0.3 is 0 Å². The molecule has 108 valence electrons. The number of benzene rings is 1. The summed E-state index contributed by atoms with van der Waals surface area (Å²) in [6, 6.07) is 16.0. The van der Waals surface area contributed by atoms with E-state index in [0.717, 1.165) is 5.69 Å². The van der Waals surface area contributed by atoms with Crippen molar-refractivity contribution in [2.45, 2.75) is 25.9 Å². The van der Waals surface area contributed by atoms with Crippen molar-refractivity contribution in [3.63, 3.8) is 0 Å². The Kier molecular flexibility index (Phi) is 5.30. The lowest BCUT2D eigenvalue weighted by molar-refractivity contribution is 0.368. The molecule has 4 heteroatoms. The average molecular weight is 281 g/mol. The van der Waals surface area contributed by atoms with Gasteiger partial charge < -0.3 is 10.1 Å². The minimum absolute atomic E-state index is 0.0733. The van der Waals surface area contributed by atoms with Crippen LogP contribution in [-0.2, 0) is 0 Å². The molecule has 1 aromatic carbocycles. The van der Waals surface area contributed by atoms with E-state index >= 15 is 0 Å². The number of ether oxygens (including phenoxy) is 1. The molecular weight excluding hydrogens is 262 g/mol. The Morgan fingerprint density at radius 2 is 1.90 bits per heavy atom. The molecule has 4 nitrogen and oxygen atoms in total. The fourth-order valence-corrected chi connectivity index (χ4v) is 2.16. The van der Waals surface area contributed by atoms with Crippen LogP contribution >= 0.6 is 0 Å². The third-order valence-electron chi connectivity index (χ3n) is 3.31. The summed E-state index contributed by atoms with van der Waals surface area (Å²) in [6.45, 7) is 4.29. The maximum absolute atomic E-state index is 8.49. The Bertz CT molecular complexity index is 590. The standard InChI is InChI=1S/C17H19N3O/c1-13(20-14(2)17-5-3-4-11-19-17)15-6-8-16(9-7-15)21-12-10-18/h3-9,11,13-14,20H,12H2,1-2H3/t13?,14-/m1/s1. The number of nitrogens with zero attached hydrogens (tertiary/aromatic N) is 2. The maximum atomic E-state index is 8.49. The fraction of sp³-hybridized carbons (Fsp3) is 0.294. The summed E-state index contributed by atoms with van der Waals surface area (Å²) in [7, 11) is 0. The minimum Gasteiger partial charge on any atom is -0.479 e. The van der Waals surface area contributed by atoms with Crippen LogP contribution in [0.4, 0.5) is 0 Å². The van der Waals surface area contributed by atoms with Gasteiger partial charge in [-0.1, -0.05) is 18.2 Å². The van der Waals surface area contributed by atoms with Crippen molar-refractivity contribution >= 4 is 0 Å². The first-order valence-electron chi connectivity index (χ1n) is 6.97. The van der Waals surface area contributed by atoms with E-state index in [9.17, 15) is 0 Å². The molecule has 21 heavy (non-hydrogen) atoms. The lowest BCUT2D eigenvalue weighted by Gasteiger charge is -2.20. The Hall–Kier alpha value is -2.38. The van der Waals surface area contributed by atoms with Crippen LogP contribution in [0.2, 0.25) is 0 Å². The quantitative estimate of drug-likeness (QED) is 0.881. The molecule has 0 spiro atoms. The molecule has 0 fully saturated rings. The van der Waals surface area contributed by atoms with Crippen LogP contribution < -0.4 is 10.1 Å². The molecule has 1 N–H and O–H groups in total. The molecule has 0 amide bonds. The van der Waals surface area contributed by atoms with Crippen molar-refractivity contribution in [1.29, 1.82) is 5.26 Å². The second kappa shape index (κ2) is 7.41. The highest BCUT2D eigenvalue weighted by atomic mass is 16.5. The molecule has 0 aliphatic rings. The summed E-state index contributed by atoms with van der Waals surface area (Å²) in [6.07, 6.45) is 1.81. The Morgan fingerprint density at radius 1 is 1.14 bits per heavy atom. The predicted molar refractivity (Wildman–Crippen MR) is 81.8 cm³/mol. The molecule has 0 saturated heterocycles. The van der Waals surface area contributed by atoms with Gasteiger partial charge in [0.15, 0.2) is 6.61 Å². The molecule has 0 bridgehead atoms. The first-order valence-corrected chi connectivity index (χ1v) is 6.97. The van der Waals surface area contributed by atoms with E-state index in [4.69, 9.17) is 10.00 Å². The normalized spacial score (nSPS) is 13.2. The van der Waals surface area contributed by atoms with Crippen molar-refractivity contribution in [2.24, 2.45) is 0 Å². The van der Waals surface area contributed by atoms with Gasteiger partial charge in [-0.25, -0.2) is 0 Å². The Morgan fingerprint density at radius 3 is 2.52 bits per heavy atom. The number of rotatable bonds is 6. The van der Waals surface area contributed by atoms with Gasteiger partial charge in [0.25, 0.3) is 0 Å². The van der Waals surface area contributed by atoms with E-state index in [1.165, 1.54) is 5.56 Å². The van der Waals surface area contributed by atoms with Gasteiger partial charge in [-0.2, -0.15) is 5.26 Å². The van der Waals surface area contributed by atoms with E-state index in [-0.39, 0.29) is 18.7 Å². The molecule has 0 aliphatic carbocycles. The van der Waals surface area contributed by atoms with E-state index < -0.39 is 0 Å². The average Bonchev–Trinajstić information content (AvgIpc) is 2.54. The number of nitriles is 1. The van der Waals surface area contributed by atoms with E-state index in [0.29, 0.717) is 5.75 Å². The Balaban J connectivity index is 1.97. The smallest absolute Gasteiger partial charge is 0.174 e. The van der Waals surface area contributed by atoms with Crippen LogP contribution in [0.1, 0.15) is 37.2 Å². The summed E-state index contributed by atoms with van der Waals surface area (Å²) in [5.74, 6) is 0.713. The lowest BCUT2D eigenvalue weighted by atomic mass is 10.1. The zero-order valence-electron chi connectivity index (χ0n) is 12.3. The minimum atomic E-state index is 0.0733. The highest BCUT2D eigenvalue weighted by Gasteiger charge is 2.11. The molecule has 2 rings (SSSR count). The second-order valence-electron chi connectivity index (χ2n) is 4.88. The van der Waals surface area contributed by atoms with Crippen LogP contribution in [0.5, 0.6) is 5.75 Å². The number of hydrogen-bond acceptors (Lipinski definition) is 4. The SMILES string of the molecule is CC(N[C@H](C)c1ccccn1)c1ccc(OCC#N)cc1. The highest BCUT2D eigenvalue weighted by Crippen LogP contribution is 2.20. The van der Waals surface area contributed by atoms with Gasteiger partial charge in [0.05, 0.1) is 5.69 Å². The molecular formula is C17H19N3O. The summed E-state index contributed by atoms with van der Waals surface area (Å²) in [4.78, 5) is 4.36. The topological polar surface area (TPSA) is 57.9 Å². The molecule has 2 aromatic rings. The van der Waals surface area contributed by atoms with Gasteiger partial charge in [0, 0.05) is 18.3 Å². The first kappa shape index (κ1) is 15.0. The van der Waals surface area contributed by atoms with Crippen LogP contribution in [0.3, 0.4) is 0 Å². The van der Waals surface area contributed by atoms with Gasteiger partial charge in [-0.05, 0) is 43.7 Å². The van der Waals surface area contributed by atoms with Crippen molar-refractivity contribution in [1.82, 2.24) is 10.3 Å². The van der Waals surface area contributed by atoms with Crippen LogP contribution in [-0.4, -0.2) is 11.6 Å². The molecule has 1 unspecified atom stereocenters. The van der Waals surface area contributed by atoms with Gasteiger partial charge in [0.2, 0.25) is 0 Å². The molecule has 0 radical (unpaired) electrons. The van der Waals surface area contributed by atoms with E-state index in [1.807, 2.05) is 48.5 Å².